The topological polar surface area (TPSA) is 13.1 Å². The van der Waals surface area contributed by atoms with Crippen molar-refractivity contribution < 1.29 is 4.42 Å². The molecule has 1 nitrogen and oxygen atoms in total. The number of aryl methyl sites for hydroxylation is 1. The fourth-order valence-electron chi connectivity index (χ4n) is 7.01. The van der Waals surface area contributed by atoms with Gasteiger partial charge in [0, 0.05) is 16.7 Å². The van der Waals surface area contributed by atoms with Crippen LogP contribution in [0.4, 0.5) is 0 Å². The van der Waals surface area contributed by atoms with Crippen LogP contribution >= 0.6 is 0 Å². The van der Waals surface area contributed by atoms with Crippen LogP contribution in [0.5, 0.6) is 0 Å². The van der Waals surface area contributed by atoms with Crippen molar-refractivity contribution in [3.63, 3.8) is 0 Å². The maximum absolute atomic E-state index is 6.30. The van der Waals surface area contributed by atoms with Crippen molar-refractivity contribution in [1.29, 1.82) is 0 Å². The summed E-state index contributed by atoms with van der Waals surface area (Å²) in [6, 6.07) is 47.8. The van der Waals surface area contributed by atoms with Gasteiger partial charge in [-0.25, -0.2) is 0 Å². The first kappa shape index (κ1) is 26.2. The number of benzene rings is 6. The predicted molar refractivity (Wildman–Crippen MR) is 187 cm³/mol. The summed E-state index contributed by atoms with van der Waals surface area (Å²) < 4.78 is 6.30. The van der Waals surface area contributed by atoms with E-state index in [1.54, 1.807) is 0 Å². The number of furan rings is 1. The quantitative estimate of drug-likeness (QED) is 0.207. The van der Waals surface area contributed by atoms with Crippen molar-refractivity contribution in [3.05, 3.63) is 180 Å². The predicted octanol–water partition coefficient (Wildman–Crippen LogP) is 11.9. The van der Waals surface area contributed by atoms with Crippen molar-refractivity contribution in [2.45, 2.75) is 19.8 Å². The van der Waals surface area contributed by atoms with Crippen molar-refractivity contribution in [1.82, 2.24) is 0 Å². The van der Waals surface area contributed by atoms with Crippen LogP contribution in [0.25, 0.3) is 55.0 Å². The highest BCUT2D eigenvalue weighted by Gasteiger charge is 2.27. The molecule has 0 saturated carbocycles. The first-order chi connectivity index (χ1) is 21.6. The van der Waals surface area contributed by atoms with Gasteiger partial charge in [0.15, 0.2) is 0 Å². The molecule has 0 fully saturated rings. The second-order valence-corrected chi connectivity index (χ2v) is 11.9. The standard InChI is InChI=1S/C43H32O/c1-27-17-23-35(36-14-8-7-13-34(27)36)30-18-20-31(21-19-30)39-26-40(29(3)43(28(39)2)32-11-5-4-6-12-32)33-22-24-38-37-15-9-10-16-41(37)44-42(38)25-33/h4-26,39H,2H2,1,3H3. The average Bonchev–Trinajstić information content (AvgIpc) is 3.44. The molecule has 1 aliphatic carbocycles. The highest BCUT2D eigenvalue weighted by molar-refractivity contribution is 6.07. The molecule has 210 valence electrons. The average molecular weight is 565 g/mol. The summed E-state index contributed by atoms with van der Waals surface area (Å²) in [6.07, 6.45) is 2.39. The van der Waals surface area contributed by atoms with E-state index in [0.717, 1.165) is 33.1 Å². The minimum absolute atomic E-state index is 0.0408. The lowest BCUT2D eigenvalue weighted by Gasteiger charge is -2.29. The van der Waals surface area contributed by atoms with Gasteiger partial charge < -0.3 is 4.42 Å². The summed E-state index contributed by atoms with van der Waals surface area (Å²) >= 11 is 0. The molecule has 1 heteroatoms. The lowest BCUT2D eigenvalue weighted by Crippen LogP contribution is -2.10. The number of rotatable bonds is 4. The van der Waals surface area contributed by atoms with Gasteiger partial charge in [0.1, 0.15) is 11.2 Å². The first-order valence-electron chi connectivity index (χ1n) is 15.2. The molecule has 0 spiro atoms. The highest BCUT2D eigenvalue weighted by atomic mass is 16.3. The third-order valence-corrected chi connectivity index (χ3v) is 9.28. The fraction of sp³-hybridized carbons (Fsp3) is 0.0698. The van der Waals surface area contributed by atoms with Gasteiger partial charge >= 0.3 is 0 Å². The zero-order chi connectivity index (χ0) is 29.8. The third kappa shape index (κ3) is 4.24. The molecule has 1 atom stereocenters. The van der Waals surface area contributed by atoms with Crippen LogP contribution in [0.2, 0.25) is 0 Å². The molecule has 0 N–H and O–H groups in total. The van der Waals surface area contributed by atoms with Gasteiger partial charge in [0.05, 0.1) is 0 Å². The monoisotopic (exact) mass is 564 g/mol. The van der Waals surface area contributed by atoms with E-state index in [1.807, 2.05) is 12.1 Å². The third-order valence-electron chi connectivity index (χ3n) is 9.28. The number of fused-ring (bicyclic) bond motifs is 4. The van der Waals surface area contributed by atoms with E-state index in [0.29, 0.717) is 0 Å². The van der Waals surface area contributed by atoms with E-state index in [-0.39, 0.29) is 5.92 Å². The Bertz CT molecular complexity index is 2290. The molecule has 44 heavy (non-hydrogen) atoms. The summed E-state index contributed by atoms with van der Waals surface area (Å²) in [5, 5.41) is 4.88. The van der Waals surface area contributed by atoms with Crippen LogP contribution in [0.1, 0.15) is 35.1 Å². The van der Waals surface area contributed by atoms with Gasteiger partial charge in [-0.1, -0.05) is 128 Å². The summed E-state index contributed by atoms with van der Waals surface area (Å²) in [6.45, 7) is 9.10. The molecular weight excluding hydrogens is 532 g/mol. The molecule has 0 aliphatic heterocycles. The van der Waals surface area contributed by atoms with E-state index in [9.17, 15) is 0 Å². The second-order valence-electron chi connectivity index (χ2n) is 11.9. The molecule has 1 heterocycles. The Hall–Kier alpha value is -5.40. The Morgan fingerprint density at radius 2 is 1.20 bits per heavy atom. The van der Waals surface area contributed by atoms with Crippen LogP contribution in [-0.4, -0.2) is 0 Å². The zero-order valence-corrected chi connectivity index (χ0v) is 25.0. The summed E-state index contributed by atoms with van der Waals surface area (Å²) in [4.78, 5) is 0. The SMILES string of the molecule is C=C1C(c2ccccc2)=C(C)C(c2ccc3c(c2)oc2ccccc23)=CC1c1ccc(-c2ccc(C)c3ccccc23)cc1. The van der Waals surface area contributed by atoms with Crippen molar-refractivity contribution >= 4 is 43.9 Å². The largest absolute Gasteiger partial charge is 0.456 e. The zero-order valence-electron chi connectivity index (χ0n) is 25.0. The number of allylic oxidation sites excluding steroid dienone is 5. The fourth-order valence-corrected chi connectivity index (χ4v) is 7.01. The van der Waals surface area contributed by atoms with Gasteiger partial charge in [-0.05, 0) is 98.5 Å². The van der Waals surface area contributed by atoms with Crippen LogP contribution in [0.15, 0.2) is 162 Å². The van der Waals surface area contributed by atoms with Gasteiger partial charge in [0.2, 0.25) is 0 Å². The molecular formula is C43H32O. The Balaban J connectivity index is 1.25. The lowest BCUT2D eigenvalue weighted by atomic mass is 9.74. The molecule has 0 saturated heterocycles. The van der Waals surface area contributed by atoms with Gasteiger partial charge in [0.25, 0.3) is 0 Å². The second kappa shape index (κ2) is 10.4. The summed E-state index contributed by atoms with van der Waals surface area (Å²) in [7, 11) is 0. The van der Waals surface area contributed by atoms with Crippen molar-refractivity contribution in [2.24, 2.45) is 0 Å². The smallest absolute Gasteiger partial charge is 0.136 e. The van der Waals surface area contributed by atoms with Crippen LogP contribution in [-0.2, 0) is 0 Å². The molecule has 8 rings (SSSR count). The first-order valence-corrected chi connectivity index (χ1v) is 15.2. The van der Waals surface area contributed by atoms with E-state index in [2.05, 4.69) is 141 Å². The van der Waals surface area contributed by atoms with Crippen molar-refractivity contribution in [2.75, 3.05) is 0 Å². The number of hydrogen-bond acceptors (Lipinski definition) is 1. The Morgan fingerprint density at radius 3 is 2.00 bits per heavy atom. The van der Waals surface area contributed by atoms with E-state index < -0.39 is 0 Å². The summed E-state index contributed by atoms with van der Waals surface area (Å²) in [5.41, 5.74) is 14.0. The molecule has 0 radical (unpaired) electrons. The number of hydrogen-bond donors (Lipinski definition) is 0. The summed E-state index contributed by atoms with van der Waals surface area (Å²) in [5.74, 6) is 0.0408. The van der Waals surface area contributed by atoms with Crippen LogP contribution in [0.3, 0.4) is 0 Å². The Labute approximate surface area is 258 Å². The lowest BCUT2D eigenvalue weighted by molar-refractivity contribution is 0.669. The van der Waals surface area contributed by atoms with Gasteiger partial charge in [-0.2, -0.15) is 0 Å². The maximum Gasteiger partial charge on any atom is 0.136 e. The van der Waals surface area contributed by atoms with Gasteiger partial charge in [-0.15, -0.1) is 0 Å². The molecule has 1 aliphatic rings. The highest BCUT2D eigenvalue weighted by Crippen LogP contribution is 2.47. The molecule has 0 amide bonds. The van der Waals surface area contributed by atoms with Gasteiger partial charge in [-0.3, -0.25) is 0 Å². The van der Waals surface area contributed by atoms with E-state index in [1.165, 1.54) is 55.3 Å². The van der Waals surface area contributed by atoms with Crippen molar-refractivity contribution in [3.8, 4) is 11.1 Å². The Morgan fingerprint density at radius 1 is 0.545 bits per heavy atom. The number of para-hydroxylation sites is 1. The Kier molecular flexibility index (Phi) is 6.20. The van der Waals surface area contributed by atoms with Crippen LogP contribution < -0.4 is 0 Å². The maximum atomic E-state index is 6.30. The molecule has 1 aromatic heterocycles. The van der Waals surface area contributed by atoms with Crippen LogP contribution in [0, 0.1) is 6.92 Å². The molecule has 6 aromatic carbocycles. The molecule has 7 aromatic rings. The minimum Gasteiger partial charge on any atom is -0.456 e. The van der Waals surface area contributed by atoms with E-state index in [4.69, 9.17) is 11.0 Å². The normalized spacial score (nSPS) is 15.4. The van der Waals surface area contributed by atoms with E-state index >= 15 is 0 Å². The minimum atomic E-state index is 0.0408. The molecule has 0 bridgehead atoms. The molecule has 1 unspecified atom stereocenters.